The van der Waals surface area contributed by atoms with Crippen molar-refractivity contribution < 1.29 is 19.8 Å². The first-order valence-corrected chi connectivity index (χ1v) is 14.0. The molecule has 2 aliphatic heterocycles. The van der Waals surface area contributed by atoms with Gasteiger partial charge in [-0.25, -0.2) is 9.79 Å². The number of anilines is 1. The maximum atomic E-state index is 13.2. The number of piperazine rings is 1. The number of amides is 1. The smallest absolute Gasteiger partial charge is 0.335 e. The SMILES string of the molecule is CN1CCN(CC(=O)N2CCc3cc(N=C(c4ccc(S)cc4)c4c(O)[nH]c5cc(C(=O)O)ccc45)ccc32)CC1. The number of aliphatic imine (C=N–C) groups is 1. The number of benzene rings is 3. The third-order valence-corrected chi connectivity index (χ3v) is 8.16. The number of aromatic carboxylic acids is 1. The normalized spacial score (nSPS) is 16.3. The molecule has 6 rings (SSSR count). The maximum absolute atomic E-state index is 13.2. The van der Waals surface area contributed by atoms with E-state index in [0.717, 1.165) is 54.3 Å². The number of carboxylic acid groups (broad SMARTS) is 1. The number of thiol groups is 1. The Hall–Kier alpha value is -4.12. The number of aromatic amines is 1. The van der Waals surface area contributed by atoms with Crippen LogP contribution in [0.2, 0.25) is 0 Å². The Bertz CT molecular complexity index is 1670. The van der Waals surface area contributed by atoms with Crippen LogP contribution in [0.1, 0.15) is 27.0 Å². The van der Waals surface area contributed by atoms with E-state index in [0.29, 0.717) is 41.0 Å². The Labute approximate surface area is 243 Å². The maximum Gasteiger partial charge on any atom is 0.335 e. The van der Waals surface area contributed by atoms with Crippen LogP contribution in [0, 0.1) is 0 Å². The van der Waals surface area contributed by atoms with E-state index < -0.39 is 5.97 Å². The number of carbonyl (C=O) groups is 2. The number of nitrogens with one attached hydrogen (secondary N) is 1. The highest BCUT2D eigenvalue weighted by molar-refractivity contribution is 7.80. The second kappa shape index (κ2) is 11.0. The van der Waals surface area contributed by atoms with Crippen LogP contribution >= 0.6 is 12.6 Å². The molecular weight excluding hydrogens is 538 g/mol. The summed E-state index contributed by atoms with van der Waals surface area (Å²) in [7, 11) is 2.10. The summed E-state index contributed by atoms with van der Waals surface area (Å²) in [5.74, 6) is -1.03. The van der Waals surface area contributed by atoms with Gasteiger partial charge in [0.15, 0.2) is 5.88 Å². The Kier molecular flexibility index (Phi) is 7.29. The van der Waals surface area contributed by atoms with Gasteiger partial charge in [0, 0.05) is 59.8 Å². The molecule has 4 aromatic rings. The van der Waals surface area contributed by atoms with Crippen molar-refractivity contribution in [2.24, 2.45) is 4.99 Å². The van der Waals surface area contributed by atoms with Gasteiger partial charge in [-0.3, -0.25) is 9.69 Å². The van der Waals surface area contributed by atoms with Crippen molar-refractivity contribution in [3.63, 3.8) is 0 Å². The molecule has 3 N–H and O–H groups in total. The summed E-state index contributed by atoms with van der Waals surface area (Å²) in [6, 6.07) is 18.0. The van der Waals surface area contributed by atoms with E-state index >= 15 is 0 Å². The van der Waals surface area contributed by atoms with Gasteiger partial charge in [0.2, 0.25) is 5.91 Å². The third-order valence-electron chi connectivity index (χ3n) is 7.86. The van der Waals surface area contributed by atoms with Crippen molar-refractivity contribution in [2.45, 2.75) is 11.3 Å². The zero-order chi connectivity index (χ0) is 28.7. The van der Waals surface area contributed by atoms with E-state index in [1.165, 1.54) is 12.1 Å². The van der Waals surface area contributed by atoms with Gasteiger partial charge in [-0.2, -0.15) is 0 Å². The predicted molar refractivity (Wildman–Crippen MR) is 162 cm³/mol. The van der Waals surface area contributed by atoms with Crippen LogP contribution in [0.15, 0.2) is 70.6 Å². The van der Waals surface area contributed by atoms with E-state index in [9.17, 15) is 19.8 Å². The molecule has 41 heavy (non-hydrogen) atoms. The monoisotopic (exact) mass is 569 g/mol. The van der Waals surface area contributed by atoms with E-state index in [1.54, 1.807) is 6.07 Å². The zero-order valence-electron chi connectivity index (χ0n) is 22.7. The quantitative estimate of drug-likeness (QED) is 0.205. The minimum absolute atomic E-state index is 0.0990. The largest absolute Gasteiger partial charge is 0.494 e. The van der Waals surface area contributed by atoms with Crippen molar-refractivity contribution in [1.82, 2.24) is 14.8 Å². The number of rotatable bonds is 6. The van der Waals surface area contributed by atoms with Crippen LogP contribution in [0.3, 0.4) is 0 Å². The predicted octanol–water partition coefficient (Wildman–Crippen LogP) is 4.17. The minimum atomic E-state index is -1.05. The number of hydrogen-bond donors (Lipinski definition) is 4. The van der Waals surface area contributed by atoms with Crippen molar-refractivity contribution in [3.05, 3.63) is 82.9 Å². The number of aromatic nitrogens is 1. The number of hydrogen-bond acceptors (Lipinski definition) is 7. The molecule has 0 unspecified atom stereocenters. The first-order valence-electron chi connectivity index (χ1n) is 13.6. The van der Waals surface area contributed by atoms with Gasteiger partial charge >= 0.3 is 5.97 Å². The highest BCUT2D eigenvalue weighted by atomic mass is 32.1. The molecule has 3 aromatic carbocycles. The first-order chi connectivity index (χ1) is 19.8. The number of nitrogens with zero attached hydrogens (tertiary/aromatic N) is 4. The standard InChI is InChI=1S/C31H31N5O4S/c1-34-12-14-35(15-13-34)18-27(37)36-11-10-20-16-22(5-9-26(20)36)32-29(19-2-6-23(41)7-3-19)28-24-8-4-21(31(39)40)17-25(24)33-30(28)38/h2-9,16-17,33,38,41H,10-15,18H2,1H3,(H,39,40). The van der Waals surface area contributed by atoms with Crippen LogP contribution in [0.4, 0.5) is 11.4 Å². The number of fused-ring (bicyclic) bond motifs is 2. The van der Waals surface area contributed by atoms with Crippen LogP contribution in [-0.2, 0) is 11.2 Å². The molecule has 210 valence electrons. The Morgan fingerprint density at radius 2 is 1.68 bits per heavy atom. The minimum Gasteiger partial charge on any atom is -0.494 e. The molecule has 0 saturated carbocycles. The summed E-state index contributed by atoms with van der Waals surface area (Å²) in [6.07, 6.45) is 0.743. The number of likely N-dealkylation sites (N-methyl/N-ethyl adjacent to an activating group) is 1. The molecule has 0 atom stereocenters. The molecule has 1 amide bonds. The molecule has 0 bridgehead atoms. The van der Waals surface area contributed by atoms with Gasteiger partial charge in [0.1, 0.15) is 0 Å². The van der Waals surface area contributed by atoms with Crippen molar-refractivity contribution in [2.75, 3.05) is 51.2 Å². The first kappa shape index (κ1) is 27.1. The second-order valence-electron chi connectivity index (χ2n) is 10.6. The summed E-state index contributed by atoms with van der Waals surface area (Å²) in [5, 5.41) is 21.0. The lowest BCUT2D eigenvalue weighted by atomic mass is 10.00. The molecule has 0 radical (unpaired) electrons. The average molecular weight is 570 g/mol. The summed E-state index contributed by atoms with van der Waals surface area (Å²) < 4.78 is 0. The number of aromatic hydroxyl groups is 1. The van der Waals surface area contributed by atoms with E-state index in [-0.39, 0.29) is 17.4 Å². The van der Waals surface area contributed by atoms with Gasteiger partial charge in [0.05, 0.1) is 29.1 Å². The second-order valence-corrected chi connectivity index (χ2v) is 11.1. The number of carboxylic acids is 1. The summed E-state index contributed by atoms with van der Waals surface area (Å²) in [5.41, 5.74) is 5.06. The van der Waals surface area contributed by atoms with Crippen molar-refractivity contribution in [1.29, 1.82) is 0 Å². The molecule has 0 aliphatic carbocycles. The van der Waals surface area contributed by atoms with Crippen LogP contribution in [-0.4, -0.2) is 88.9 Å². The van der Waals surface area contributed by atoms with E-state index in [2.05, 4.69) is 34.5 Å². The van der Waals surface area contributed by atoms with Crippen LogP contribution in [0.5, 0.6) is 5.88 Å². The Morgan fingerprint density at radius 3 is 2.41 bits per heavy atom. The number of carbonyl (C=O) groups excluding carboxylic acids is 1. The van der Waals surface area contributed by atoms with Gasteiger partial charge in [-0.1, -0.05) is 18.2 Å². The van der Waals surface area contributed by atoms with E-state index in [4.69, 9.17) is 4.99 Å². The molecule has 0 spiro atoms. The van der Waals surface area contributed by atoms with Crippen LogP contribution < -0.4 is 4.90 Å². The molecule has 1 saturated heterocycles. The zero-order valence-corrected chi connectivity index (χ0v) is 23.6. The Balaban J connectivity index is 1.35. The highest BCUT2D eigenvalue weighted by Crippen LogP contribution is 2.35. The fourth-order valence-electron chi connectivity index (χ4n) is 5.57. The molecular formula is C31H31N5O4S. The fraction of sp³-hybridized carbons (Fsp3) is 0.258. The topological polar surface area (TPSA) is 112 Å². The fourth-order valence-corrected chi connectivity index (χ4v) is 5.72. The molecule has 1 fully saturated rings. The lowest BCUT2D eigenvalue weighted by Gasteiger charge is -2.32. The Morgan fingerprint density at radius 1 is 0.951 bits per heavy atom. The molecule has 9 nitrogen and oxygen atoms in total. The van der Waals surface area contributed by atoms with Gasteiger partial charge in [-0.05, 0) is 61.5 Å². The highest BCUT2D eigenvalue weighted by Gasteiger charge is 2.27. The average Bonchev–Trinajstić information content (AvgIpc) is 3.53. The molecule has 2 aliphatic rings. The molecule has 1 aromatic heterocycles. The van der Waals surface area contributed by atoms with Crippen LogP contribution in [0.25, 0.3) is 10.9 Å². The lowest BCUT2D eigenvalue weighted by Crippen LogP contribution is -2.48. The number of H-pyrrole nitrogens is 1. The van der Waals surface area contributed by atoms with Gasteiger partial charge < -0.3 is 25.0 Å². The summed E-state index contributed by atoms with van der Waals surface area (Å²) in [6.45, 7) is 4.79. The molecule has 3 heterocycles. The molecule has 10 heteroatoms. The van der Waals surface area contributed by atoms with Gasteiger partial charge in [0.25, 0.3) is 0 Å². The summed E-state index contributed by atoms with van der Waals surface area (Å²) in [4.78, 5) is 39.8. The van der Waals surface area contributed by atoms with E-state index in [1.807, 2.05) is 47.4 Å². The third kappa shape index (κ3) is 5.46. The van der Waals surface area contributed by atoms with Crippen molar-refractivity contribution >= 4 is 52.5 Å². The lowest BCUT2D eigenvalue weighted by molar-refractivity contribution is -0.120. The van der Waals surface area contributed by atoms with Crippen molar-refractivity contribution in [3.8, 4) is 5.88 Å². The van der Waals surface area contributed by atoms with Gasteiger partial charge in [-0.15, -0.1) is 12.6 Å². The summed E-state index contributed by atoms with van der Waals surface area (Å²) >= 11 is 4.41.